The third kappa shape index (κ3) is 8.04. The Bertz CT molecular complexity index is 428. The van der Waals surface area contributed by atoms with Crippen LogP contribution in [0.4, 0.5) is 0 Å². The molecule has 1 rings (SSSR count). The van der Waals surface area contributed by atoms with E-state index in [0.717, 1.165) is 16.0 Å². The molecule has 1 aromatic carbocycles. The lowest BCUT2D eigenvalue weighted by atomic mass is 10.3. The average molecular weight is 352 g/mol. The summed E-state index contributed by atoms with van der Waals surface area (Å²) in [4.78, 5) is 0. The Morgan fingerprint density at radius 3 is 1.94 bits per heavy atom. The Hall–Kier alpha value is -0.170. The van der Waals surface area contributed by atoms with Gasteiger partial charge in [0.05, 0.1) is 14.2 Å². The Morgan fingerprint density at radius 2 is 1.56 bits per heavy atom. The summed E-state index contributed by atoms with van der Waals surface area (Å²) in [5.41, 5.74) is 0. The molecule has 0 saturated heterocycles. The lowest BCUT2D eigenvalue weighted by Gasteiger charge is -2.06. The number of rotatable bonds is 2. The first-order chi connectivity index (χ1) is 7.27. The molecule has 1 aromatic rings. The van der Waals surface area contributed by atoms with Gasteiger partial charge in [-0.3, -0.25) is 0 Å². The van der Waals surface area contributed by atoms with Gasteiger partial charge in [-0.25, -0.2) is 0 Å². The maximum Gasteiger partial charge on any atom is 0.317 e. The van der Waals surface area contributed by atoms with Crippen LogP contribution in [0.25, 0.3) is 0 Å². The number of methoxy groups -OCH3 is 2. The highest BCUT2D eigenvalue weighted by Gasteiger charge is 2.01. The van der Waals surface area contributed by atoms with E-state index in [1.165, 1.54) is 0 Å². The number of hydrogen-bond donors (Lipinski definition) is 0. The number of halogens is 3. The van der Waals surface area contributed by atoms with Crippen molar-refractivity contribution in [1.82, 2.24) is 0 Å². The molecule has 0 unspecified atom stereocenters. The summed E-state index contributed by atoms with van der Waals surface area (Å²) >= 11 is 3.33. The monoisotopic (exact) mass is 350 g/mol. The van der Waals surface area contributed by atoms with E-state index in [9.17, 15) is 0 Å². The van der Waals surface area contributed by atoms with Crippen molar-refractivity contribution in [2.75, 3.05) is 14.2 Å². The van der Waals surface area contributed by atoms with E-state index < -0.39 is 8.26 Å². The summed E-state index contributed by atoms with van der Waals surface area (Å²) in [6.07, 6.45) is 0. The molecule has 0 N–H and O–H groups in total. The SMILES string of the molecule is COc1ccc(Br)cc1OC.O=S(=O)(Cl)Cl. The van der Waals surface area contributed by atoms with E-state index in [2.05, 4.69) is 37.3 Å². The zero-order chi connectivity index (χ0) is 12.8. The van der Waals surface area contributed by atoms with Crippen molar-refractivity contribution in [1.29, 1.82) is 0 Å². The van der Waals surface area contributed by atoms with Gasteiger partial charge < -0.3 is 9.47 Å². The quantitative estimate of drug-likeness (QED) is 0.768. The first-order valence-corrected chi connectivity index (χ1v) is 7.72. The van der Waals surface area contributed by atoms with Gasteiger partial charge in [-0.05, 0) is 18.2 Å². The summed E-state index contributed by atoms with van der Waals surface area (Å²) < 4.78 is 29.4. The molecule has 0 aliphatic rings. The van der Waals surface area contributed by atoms with Crippen LogP contribution in [0.5, 0.6) is 11.5 Å². The van der Waals surface area contributed by atoms with Gasteiger partial charge in [0.15, 0.2) is 11.5 Å². The lowest BCUT2D eigenvalue weighted by molar-refractivity contribution is 0.354. The molecular weight excluding hydrogens is 343 g/mol. The zero-order valence-electron chi connectivity index (χ0n) is 8.41. The van der Waals surface area contributed by atoms with Crippen molar-refractivity contribution in [2.24, 2.45) is 0 Å². The molecule has 0 saturated carbocycles. The highest BCUT2D eigenvalue weighted by molar-refractivity contribution is 9.10. The predicted molar refractivity (Wildman–Crippen MR) is 67.9 cm³/mol. The summed E-state index contributed by atoms with van der Waals surface area (Å²) in [5, 5.41) is 0. The predicted octanol–water partition coefficient (Wildman–Crippen LogP) is 3.18. The first kappa shape index (κ1) is 15.8. The van der Waals surface area contributed by atoms with Gasteiger partial charge in [-0.15, -0.1) is 0 Å². The Kier molecular flexibility index (Phi) is 7.14. The van der Waals surface area contributed by atoms with E-state index in [1.807, 2.05) is 18.2 Å². The van der Waals surface area contributed by atoms with Crippen molar-refractivity contribution >= 4 is 45.6 Å². The number of benzene rings is 1. The molecule has 4 nitrogen and oxygen atoms in total. The van der Waals surface area contributed by atoms with Crippen LogP contribution in [0.3, 0.4) is 0 Å². The van der Waals surface area contributed by atoms with E-state index in [-0.39, 0.29) is 0 Å². The van der Waals surface area contributed by atoms with E-state index in [4.69, 9.17) is 17.9 Å². The third-order valence-corrected chi connectivity index (χ3v) is 1.84. The largest absolute Gasteiger partial charge is 0.493 e. The zero-order valence-corrected chi connectivity index (χ0v) is 12.3. The van der Waals surface area contributed by atoms with E-state index >= 15 is 0 Å². The summed E-state index contributed by atoms with van der Waals surface area (Å²) in [6.45, 7) is 0. The van der Waals surface area contributed by atoms with Gasteiger partial charge in [0.2, 0.25) is 0 Å². The molecule has 0 heterocycles. The van der Waals surface area contributed by atoms with Gasteiger partial charge in [0, 0.05) is 25.8 Å². The second-order valence-corrected chi connectivity index (χ2v) is 6.96. The second kappa shape index (κ2) is 7.21. The molecule has 16 heavy (non-hydrogen) atoms. The van der Waals surface area contributed by atoms with Gasteiger partial charge in [0.1, 0.15) is 0 Å². The van der Waals surface area contributed by atoms with Crippen molar-refractivity contribution in [3.8, 4) is 11.5 Å². The van der Waals surface area contributed by atoms with Gasteiger partial charge in [-0.2, -0.15) is 8.42 Å². The summed E-state index contributed by atoms with van der Waals surface area (Å²) in [7, 11) is 8.05. The molecule has 0 aliphatic carbocycles. The van der Waals surface area contributed by atoms with Crippen LogP contribution in [-0.4, -0.2) is 22.6 Å². The molecular formula is C8H9BrCl2O4S. The van der Waals surface area contributed by atoms with Crippen LogP contribution in [0.2, 0.25) is 0 Å². The normalized spacial score (nSPS) is 10.1. The fourth-order valence-electron chi connectivity index (χ4n) is 0.810. The van der Waals surface area contributed by atoms with E-state index in [1.54, 1.807) is 14.2 Å². The van der Waals surface area contributed by atoms with Crippen LogP contribution in [-0.2, 0) is 8.26 Å². The molecule has 92 valence electrons. The van der Waals surface area contributed by atoms with Crippen molar-refractivity contribution in [3.63, 3.8) is 0 Å². The Balaban J connectivity index is 0.000000385. The molecule has 0 fully saturated rings. The van der Waals surface area contributed by atoms with Crippen molar-refractivity contribution < 1.29 is 17.9 Å². The van der Waals surface area contributed by atoms with Crippen molar-refractivity contribution in [2.45, 2.75) is 0 Å². The smallest absolute Gasteiger partial charge is 0.317 e. The molecule has 0 aromatic heterocycles. The van der Waals surface area contributed by atoms with Crippen LogP contribution in [0, 0.1) is 0 Å². The first-order valence-electron chi connectivity index (χ1n) is 3.79. The standard InChI is InChI=1S/C8H9BrO2.Cl2O2S/c1-10-7-4-3-6(9)5-8(7)11-2;1-5(2,3)4/h3-5H,1-2H3;. The minimum atomic E-state index is -3.72. The van der Waals surface area contributed by atoms with Crippen LogP contribution in [0.1, 0.15) is 0 Å². The van der Waals surface area contributed by atoms with Crippen molar-refractivity contribution in [3.05, 3.63) is 22.7 Å². The minimum Gasteiger partial charge on any atom is -0.493 e. The maximum absolute atomic E-state index is 9.16. The maximum atomic E-state index is 9.16. The fourth-order valence-corrected chi connectivity index (χ4v) is 1.15. The summed E-state index contributed by atoms with van der Waals surface area (Å²) in [6, 6.07) is 5.61. The van der Waals surface area contributed by atoms with Crippen LogP contribution >= 0.6 is 37.3 Å². The van der Waals surface area contributed by atoms with Crippen LogP contribution < -0.4 is 9.47 Å². The van der Waals surface area contributed by atoms with Gasteiger partial charge in [-0.1, -0.05) is 15.9 Å². The average Bonchev–Trinajstić information content (AvgIpc) is 2.15. The molecule has 0 spiro atoms. The summed E-state index contributed by atoms with van der Waals surface area (Å²) in [5.74, 6) is 1.48. The fraction of sp³-hybridized carbons (Fsp3) is 0.250. The van der Waals surface area contributed by atoms with Gasteiger partial charge in [0.25, 0.3) is 0 Å². The molecule has 0 aliphatic heterocycles. The third-order valence-electron chi connectivity index (χ3n) is 1.35. The molecule has 0 bridgehead atoms. The number of ether oxygens (including phenoxy) is 2. The Labute approximate surface area is 112 Å². The molecule has 0 radical (unpaired) electrons. The Morgan fingerprint density at radius 1 is 1.12 bits per heavy atom. The van der Waals surface area contributed by atoms with Gasteiger partial charge >= 0.3 is 8.26 Å². The number of hydrogen-bond acceptors (Lipinski definition) is 4. The topological polar surface area (TPSA) is 52.6 Å². The second-order valence-electron chi connectivity index (χ2n) is 2.38. The highest BCUT2D eigenvalue weighted by Crippen LogP contribution is 2.29. The molecule has 0 amide bonds. The molecule has 8 heteroatoms. The minimum absolute atomic E-state index is 0.738. The van der Waals surface area contributed by atoms with Crippen LogP contribution in [0.15, 0.2) is 22.7 Å². The van der Waals surface area contributed by atoms with E-state index in [0.29, 0.717) is 0 Å². The highest BCUT2D eigenvalue weighted by atomic mass is 79.9. The molecule has 0 atom stereocenters. The lowest BCUT2D eigenvalue weighted by Crippen LogP contribution is -1.89.